The first kappa shape index (κ1) is 27.2. The van der Waals surface area contributed by atoms with Gasteiger partial charge in [-0.3, -0.25) is 0 Å². The van der Waals surface area contributed by atoms with E-state index in [0.717, 1.165) is 5.56 Å². The number of hydrogen-bond donors (Lipinski definition) is 1. The van der Waals surface area contributed by atoms with Crippen LogP contribution in [0.25, 0.3) is 0 Å². The van der Waals surface area contributed by atoms with Crippen LogP contribution in [-0.4, -0.2) is 38.5 Å². The van der Waals surface area contributed by atoms with Gasteiger partial charge >= 0.3 is 0 Å². The van der Waals surface area contributed by atoms with Crippen LogP contribution in [0.1, 0.15) is 75.3 Å². The summed E-state index contributed by atoms with van der Waals surface area (Å²) in [5.41, 5.74) is 0.336. The lowest BCUT2D eigenvalue weighted by Crippen LogP contribution is -2.53. The van der Waals surface area contributed by atoms with E-state index in [1.54, 1.807) is 0 Å². The Bertz CT molecular complexity index is 1160. The van der Waals surface area contributed by atoms with Crippen molar-refractivity contribution in [2.24, 2.45) is 5.41 Å². The van der Waals surface area contributed by atoms with Gasteiger partial charge in [-0.1, -0.05) is 51.1 Å². The van der Waals surface area contributed by atoms with E-state index < -0.39 is 32.4 Å². The molecule has 8 heteroatoms. The molecule has 1 N–H and O–H groups in total. The maximum Gasteiger partial charge on any atom is 0.221 e. The minimum atomic E-state index is -3.74. The van der Waals surface area contributed by atoms with E-state index >= 15 is 8.78 Å². The molecule has 2 aromatic carbocycles. The largest absolute Gasteiger partial charge is 0.380 e. The molecule has 2 aliphatic rings. The van der Waals surface area contributed by atoms with Crippen LogP contribution in [0.2, 0.25) is 0 Å². The molecular formula is C28H38F2N2O3S. The van der Waals surface area contributed by atoms with Crippen molar-refractivity contribution in [1.29, 1.82) is 0 Å². The summed E-state index contributed by atoms with van der Waals surface area (Å²) in [6.07, 6.45) is 2.34. The summed E-state index contributed by atoms with van der Waals surface area (Å²) in [5.74, 6) is -1.10. The average molecular weight is 521 g/mol. The summed E-state index contributed by atoms with van der Waals surface area (Å²) in [5, 5.41) is 2.83. The van der Waals surface area contributed by atoms with Crippen LogP contribution < -0.4 is 5.32 Å². The molecule has 2 saturated heterocycles. The number of sulfonamides is 1. The summed E-state index contributed by atoms with van der Waals surface area (Å²) >= 11 is 0. The Hall–Kier alpha value is -1.87. The normalized spacial score (nSPS) is 23.8. The van der Waals surface area contributed by atoms with E-state index in [9.17, 15) is 8.42 Å². The quantitative estimate of drug-likeness (QED) is 0.464. The Morgan fingerprint density at radius 2 is 1.75 bits per heavy atom. The predicted octanol–water partition coefficient (Wildman–Crippen LogP) is 5.66. The highest BCUT2D eigenvalue weighted by molar-refractivity contribution is 7.89. The summed E-state index contributed by atoms with van der Waals surface area (Å²) in [6.45, 7) is 9.61. The maximum absolute atomic E-state index is 15.6. The van der Waals surface area contributed by atoms with Crippen molar-refractivity contribution >= 4 is 10.0 Å². The maximum atomic E-state index is 15.6. The van der Waals surface area contributed by atoms with Gasteiger partial charge in [0.25, 0.3) is 0 Å². The first-order chi connectivity index (χ1) is 17.0. The molecule has 0 unspecified atom stereocenters. The highest BCUT2D eigenvalue weighted by atomic mass is 32.2. The molecule has 198 valence electrons. The van der Waals surface area contributed by atoms with Crippen molar-refractivity contribution < 1.29 is 21.9 Å². The zero-order valence-electron chi connectivity index (χ0n) is 21.7. The second-order valence-corrected chi connectivity index (χ2v) is 12.9. The molecule has 2 fully saturated rings. The molecule has 36 heavy (non-hydrogen) atoms. The zero-order chi connectivity index (χ0) is 26.1. The lowest BCUT2D eigenvalue weighted by molar-refractivity contribution is -0.102. The highest BCUT2D eigenvalue weighted by Gasteiger charge is 2.42. The molecule has 5 nitrogen and oxygen atoms in total. The summed E-state index contributed by atoms with van der Waals surface area (Å²) in [4.78, 5) is 0. The van der Waals surface area contributed by atoms with Crippen molar-refractivity contribution in [3.8, 4) is 0 Å². The number of halogens is 2. The number of benzene rings is 2. The second kappa shape index (κ2) is 10.5. The smallest absolute Gasteiger partial charge is 0.221 e. The monoisotopic (exact) mass is 520 g/mol. The Balaban J connectivity index is 1.61. The van der Waals surface area contributed by atoms with Gasteiger partial charge in [0.1, 0.15) is 16.9 Å². The molecule has 2 aliphatic heterocycles. The first-order valence-electron chi connectivity index (χ1n) is 12.9. The van der Waals surface area contributed by atoms with E-state index in [4.69, 9.17) is 4.74 Å². The fourth-order valence-electron chi connectivity index (χ4n) is 5.51. The molecule has 0 amide bonds. The van der Waals surface area contributed by atoms with Crippen LogP contribution in [0.3, 0.4) is 0 Å². The molecule has 2 atom stereocenters. The van der Waals surface area contributed by atoms with E-state index in [2.05, 4.69) is 12.2 Å². The fraction of sp³-hybridized carbons (Fsp3) is 0.571. The lowest BCUT2D eigenvalue weighted by atomic mass is 9.81. The van der Waals surface area contributed by atoms with Gasteiger partial charge in [-0.25, -0.2) is 17.2 Å². The highest BCUT2D eigenvalue weighted by Crippen LogP contribution is 2.39. The number of nitrogens with zero attached hydrogens (tertiary/aromatic N) is 1. The van der Waals surface area contributed by atoms with E-state index in [1.165, 1.54) is 16.4 Å². The van der Waals surface area contributed by atoms with Crippen molar-refractivity contribution in [2.75, 3.05) is 19.8 Å². The Kier molecular flexibility index (Phi) is 7.91. The van der Waals surface area contributed by atoms with Crippen LogP contribution in [0.4, 0.5) is 8.78 Å². The standard InChI is InChI=1S/C28H38F2N2O3S/c1-5-28(6-2,31-17-27(4)18-35-19-27)23-15-24(29)22(14-25(23)30)16-32-20(3)12-13-26(36(32,33)34)21-10-8-7-9-11-21/h7-11,14-15,20,26,31H,5-6,12-13,16-19H2,1-4H3/t20-,26+/m0/s1. The Labute approximate surface area is 214 Å². The molecule has 4 rings (SSSR count). The SMILES string of the molecule is CCC(CC)(NCC1(C)COC1)c1cc(F)c(CN2[C@@H](C)CC[C@H](c3ccccc3)S2(=O)=O)cc1F. The third-order valence-corrected chi connectivity index (χ3v) is 10.5. The van der Waals surface area contributed by atoms with Crippen molar-refractivity contribution in [3.63, 3.8) is 0 Å². The fourth-order valence-corrected chi connectivity index (χ4v) is 7.69. The van der Waals surface area contributed by atoms with Crippen LogP contribution >= 0.6 is 0 Å². The molecule has 0 spiro atoms. The van der Waals surface area contributed by atoms with Gasteiger partial charge in [-0.2, -0.15) is 4.31 Å². The van der Waals surface area contributed by atoms with Gasteiger partial charge in [0.2, 0.25) is 10.0 Å². The summed E-state index contributed by atoms with van der Waals surface area (Å²) in [6, 6.07) is 11.3. The topological polar surface area (TPSA) is 58.6 Å². The lowest BCUT2D eigenvalue weighted by Gasteiger charge is -2.43. The predicted molar refractivity (Wildman–Crippen MR) is 138 cm³/mol. The van der Waals surface area contributed by atoms with Gasteiger partial charge in [-0.05, 0) is 50.3 Å². The van der Waals surface area contributed by atoms with Crippen LogP contribution in [0.15, 0.2) is 42.5 Å². The van der Waals surface area contributed by atoms with Crippen molar-refractivity contribution in [1.82, 2.24) is 9.62 Å². The summed E-state index contributed by atoms with van der Waals surface area (Å²) < 4.78 is 64.9. The third-order valence-electron chi connectivity index (χ3n) is 8.14. The number of ether oxygens (including phenoxy) is 1. The van der Waals surface area contributed by atoms with Gasteiger partial charge in [0.05, 0.1) is 13.2 Å². The number of rotatable bonds is 9. The molecule has 2 aromatic rings. The molecule has 0 bridgehead atoms. The van der Waals surface area contributed by atoms with E-state index in [-0.39, 0.29) is 29.1 Å². The van der Waals surface area contributed by atoms with Gasteiger partial charge in [0, 0.05) is 41.2 Å². The molecule has 0 aliphatic carbocycles. The third kappa shape index (κ3) is 5.10. The van der Waals surface area contributed by atoms with E-state index in [1.807, 2.05) is 51.1 Å². The molecular weight excluding hydrogens is 482 g/mol. The second-order valence-electron chi connectivity index (χ2n) is 10.8. The van der Waals surface area contributed by atoms with Gasteiger partial charge in [-0.15, -0.1) is 0 Å². The van der Waals surface area contributed by atoms with Crippen molar-refractivity contribution in [3.05, 3.63) is 70.8 Å². The van der Waals surface area contributed by atoms with Crippen molar-refractivity contribution in [2.45, 2.75) is 76.8 Å². The minimum Gasteiger partial charge on any atom is -0.380 e. The number of nitrogens with one attached hydrogen (secondary N) is 1. The Morgan fingerprint density at radius 3 is 2.33 bits per heavy atom. The van der Waals surface area contributed by atoms with Gasteiger partial charge in [0.15, 0.2) is 0 Å². The van der Waals surface area contributed by atoms with E-state index in [0.29, 0.717) is 45.4 Å². The molecule has 0 saturated carbocycles. The van der Waals surface area contributed by atoms with Crippen LogP contribution in [0, 0.1) is 17.0 Å². The van der Waals surface area contributed by atoms with Crippen LogP contribution in [-0.2, 0) is 26.8 Å². The first-order valence-corrected chi connectivity index (χ1v) is 14.4. The Morgan fingerprint density at radius 1 is 1.08 bits per heavy atom. The van der Waals surface area contributed by atoms with Gasteiger partial charge < -0.3 is 10.1 Å². The zero-order valence-corrected chi connectivity index (χ0v) is 22.5. The van der Waals surface area contributed by atoms with Crippen LogP contribution in [0.5, 0.6) is 0 Å². The molecule has 0 radical (unpaired) electrons. The number of hydrogen-bond acceptors (Lipinski definition) is 4. The summed E-state index contributed by atoms with van der Waals surface area (Å²) in [7, 11) is -3.74. The molecule has 2 heterocycles. The molecule has 0 aromatic heterocycles. The minimum absolute atomic E-state index is 0.0153. The average Bonchev–Trinajstić information content (AvgIpc) is 2.84.